The molecule has 0 amide bonds. The average Bonchev–Trinajstić information content (AvgIpc) is 3.93. The van der Waals surface area contributed by atoms with Gasteiger partial charge in [-0.05, 0) is 36.4 Å². The summed E-state index contributed by atoms with van der Waals surface area (Å²) in [5, 5.41) is 12.7. The molecule has 0 saturated heterocycles. The lowest BCUT2D eigenvalue weighted by Gasteiger charge is -2.26. The van der Waals surface area contributed by atoms with Crippen LogP contribution in [0, 0.1) is 11.3 Å². The van der Waals surface area contributed by atoms with Crippen molar-refractivity contribution in [3.8, 4) is 11.8 Å². The first kappa shape index (κ1) is 21.1. The van der Waals surface area contributed by atoms with Crippen LogP contribution in [0.2, 0.25) is 0 Å². The maximum atomic E-state index is 10.6. The minimum atomic E-state index is -2.34. The van der Waals surface area contributed by atoms with Gasteiger partial charge in [0.15, 0.2) is 0 Å². The first-order chi connectivity index (χ1) is 24.3. The van der Waals surface area contributed by atoms with E-state index >= 15 is 0 Å². The molecule has 0 unspecified atom stereocenters. The molecule has 3 aromatic carbocycles. The molecule has 0 fully saturated rings. The van der Waals surface area contributed by atoms with Gasteiger partial charge in [0.1, 0.15) is 6.07 Å². The van der Waals surface area contributed by atoms with Crippen molar-refractivity contribution in [2.45, 2.75) is 0 Å². The van der Waals surface area contributed by atoms with Crippen LogP contribution in [-0.4, -0.2) is 78.9 Å². The van der Waals surface area contributed by atoms with Gasteiger partial charge < -0.3 is 43.8 Å². The normalized spacial score (nSPS) is 20.1. The van der Waals surface area contributed by atoms with E-state index in [0.717, 1.165) is 38.9 Å². The maximum absolute atomic E-state index is 10.6. The van der Waals surface area contributed by atoms with Crippen molar-refractivity contribution in [3.63, 3.8) is 0 Å². The Hall–Kier alpha value is -5.69. The zero-order valence-corrected chi connectivity index (χ0v) is 25.0. The van der Waals surface area contributed by atoms with E-state index in [-0.39, 0.29) is 13.3 Å². The molecule has 0 atom stereocenters. The summed E-state index contributed by atoms with van der Waals surface area (Å²) in [5.74, 6) is 0. The van der Waals surface area contributed by atoms with Crippen LogP contribution in [0.1, 0.15) is 13.8 Å². The quantitative estimate of drug-likeness (QED) is 0.300. The summed E-state index contributed by atoms with van der Waals surface area (Å²) in [6.07, 6.45) is 14.6. The summed E-state index contributed by atoms with van der Waals surface area (Å²) in [5.41, 5.74) is 6.16. The third-order valence-corrected chi connectivity index (χ3v) is 8.68. The van der Waals surface area contributed by atoms with Gasteiger partial charge in [0, 0.05) is 108 Å². The zero-order chi connectivity index (χ0) is 35.8. The number of hydrogen-bond donors (Lipinski definition) is 0. The maximum Gasteiger partial charge on any atom is 0.104 e. The van der Waals surface area contributed by atoms with E-state index in [1.807, 2.05) is 71.8 Å². The predicted octanol–water partition coefficient (Wildman–Crippen LogP) is 5.38. The Morgan fingerprint density at radius 3 is 1.42 bits per heavy atom. The van der Waals surface area contributed by atoms with E-state index in [0.29, 0.717) is 30.3 Å². The molecule has 4 aromatic rings. The van der Waals surface area contributed by atoms with Gasteiger partial charge in [-0.1, -0.05) is 12.1 Å². The number of rotatable bonds is 5. The molecular weight excluding hydrogens is 560 g/mol. The van der Waals surface area contributed by atoms with Crippen molar-refractivity contribution in [2.75, 3.05) is 74.3 Å². The minimum absolute atomic E-state index is 0.0569. The molecule has 1 aromatic heterocycles. The molecule has 0 saturated carbocycles. The lowest BCUT2D eigenvalue weighted by Crippen LogP contribution is -2.25. The van der Waals surface area contributed by atoms with Gasteiger partial charge in [-0.3, -0.25) is 0 Å². The van der Waals surface area contributed by atoms with Crippen LogP contribution in [0.3, 0.4) is 0 Å². The first-order valence-corrected chi connectivity index (χ1v) is 14.7. The van der Waals surface area contributed by atoms with Crippen LogP contribution in [0.15, 0.2) is 98.1 Å². The highest BCUT2D eigenvalue weighted by Crippen LogP contribution is 2.41. The van der Waals surface area contributed by atoms with Gasteiger partial charge in [-0.2, -0.15) is 5.26 Å². The van der Waals surface area contributed by atoms with Crippen molar-refractivity contribution >= 4 is 44.6 Å². The summed E-state index contributed by atoms with van der Waals surface area (Å²) in [4.78, 5) is 14.6. The van der Waals surface area contributed by atoms with Crippen LogP contribution in [0.5, 0.6) is 0 Å². The topological polar surface area (TPSA) is 54.6 Å². The van der Waals surface area contributed by atoms with Crippen molar-refractivity contribution < 1.29 is 8.22 Å². The van der Waals surface area contributed by atoms with Gasteiger partial charge in [0.25, 0.3) is 0 Å². The van der Waals surface area contributed by atoms with Crippen molar-refractivity contribution in [2.24, 2.45) is 0 Å². The molecule has 0 spiro atoms. The highest BCUT2D eigenvalue weighted by molar-refractivity contribution is 6.11. The Balaban J connectivity index is 1.35. The number of nitriles is 1. The third-order valence-electron chi connectivity index (χ3n) is 8.68. The Labute approximate surface area is 272 Å². The number of fused-ring (bicyclic) bond motifs is 3. The fourth-order valence-electron chi connectivity index (χ4n) is 6.47. The SMILES string of the molecule is [2H]C([2H])([2H])N1C=CN(c2ccc3c4ccc(N5C=CN(C)C5)cc4n(-c4cc(N5C=CN(C)C5)c(C#N)c(N5C=CN(C([2H])([2H])[2H])C5)c4)c3c2)C1. The largest absolute Gasteiger partial charge is 0.361 e. The molecule has 10 nitrogen and oxygen atoms in total. The molecule has 4 aliphatic rings. The van der Waals surface area contributed by atoms with E-state index < -0.39 is 14.0 Å². The van der Waals surface area contributed by atoms with Gasteiger partial charge in [-0.15, -0.1) is 0 Å². The Morgan fingerprint density at radius 2 is 1.00 bits per heavy atom. The van der Waals surface area contributed by atoms with Gasteiger partial charge in [0.05, 0.1) is 60.3 Å². The Morgan fingerprint density at radius 1 is 0.556 bits per heavy atom. The summed E-state index contributed by atoms with van der Waals surface area (Å²) in [6, 6.07) is 18.9. The molecule has 45 heavy (non-hydrogen) atoms. The van der Waals surface area contributed by atoms with Gasteiger partial charge in [-0.25, -0.2) is 0 Å². The van der Waals surface area contributed by atoms with Crippen molar-refractivity contribution in [3.05, 3.63) is 104 Å². The van der Waals surface area contributed by atoms with E-state index in [2.05, 4.69) is 50.8 Å². The van der Waals surface area contributed by atoms with Gasteiger partial charge >= 0.3 is 0 Å². The molecule has 10 heteroatoms. The lowest BCUT2D eigenvalue weighted by atomic mass is 10.1. The second kappa shape index (κ2) is 10.2. The molecule has 0 aliphatic carbocycles. The van der Waals surface area contributed by atoms with E-state index in [1.54, 1.807) is 23.5 Å². The standard InChI is InChI=1S/C35H36N10/c1-37-9-13-41(22-37)26-5-7-29-30-8-6-27(42-14-10-38(2)23-42)18-35(30)45(34(29)17-26)28-19-32(43-15-11-39(3)24-43)31(21-36)33(20-28)44-16-12-40(4)25-44/h5-20H,22-25H2,1-4H3/i1D3,3D3. The van der Waals surface area contributed by atoms with Crippen molar-refractivity contribution in [1.29, 1.82) is 5.26 Å². The number of hydrogen-bond acceptors (Lipinski definition) is 9. The number of nitrogens with zero attached hydrogens (tertiary/aromatic N) is 10. The first-order valence-electron chi connectivity index (χ1n) is 17.7. The molecule has 0 N–H and O–H groups in total. The van der Waals surface area contributed by atoms with Crippen LogP contribution in [0.25, 0.3) is 27.5 Å². The summed E-state index contributed by atoms with van der Waals surface area (Å²) >= 11 is 0. The molecule has 8 rings (SSSR count). The highest BCUT2D eigenvalue weighted by atomic mass is 15.4. The van der Waals surface area contributed by atoms with Crippen LogP contribution >= 0.6 is 0 Å². The van der Waals surface area contributed by atoms with Crippen LogP contribution < -0.4 is 19.6 Å². The summed E-state index contributed by atoms with van der Waals surface area (Å²) in [7, 11) is 3.99. The second-order valence-corrected chi connectivity index (χ2v) is 11.8. The predicted molar refractivity (Wildman–Crippen MR) is 182 cm³/mol. The Bertz CT molecular complexity index is 2210. The molecule has 226 valence electrons. The van der Waals surface area contributed by atoms with E-state index in [1.165, 1.54) is 16.0 Å². The fraction of sp³-hybridized carbons (Fsp3) is 0.229. The van der Waals surface area contributed by atoms with E-state index in [4.69, 9.17) is 8.22 Å². The molecule has 4 aliphatic heterocycles. The highest BCUT2D eigenvalue weighted by Gasteiger charge is 2.25. The third kappa shape index (κ3) is 4.47. The minimum Gasteiger partial charge on any atom is -0.361 e. The monoisotopic (exact) mass is 602 g/mol. The number of aromatic nitrogens is 1. The number of anilines is 4. The zero-order valence-electron chi connectivity index (χ0n) is 31.0. The summed E-state index contributed by atoms with van der Waals surface area (Å²) < 4.78 is 49.9. The lowest BCUT2D eigenvalue weighted by molar-refractivity contribution is 0.494. The molecule has 5 heterocycles. The molecule has 0 bridgehead atoms. The van der Waals surface area contributed by atoms with Crippen molar-refractivity contribution in [1.82, 2.24) is 24.2 Å². The fourth-order valence-corrected chi connectivity index (χ4v) is 6.47. The van der Waals surface area contributed by atoms with Gasteiger partial charge in [0.2, 0.25) is 0 Å². The van der Waals surface area contributed by atoms with E-state index in [9.17, 15) is 5.26 Å². The summed E-state index contributed by atoms with van der Waals surface area (Å²) in [6.45, 7) is -3.12. The number of benzene rings is 3. The second-order valence-electron chi connectivity index (χ2n) is 11.8. The smallest absolute Gasteiger partial charge is 0.104 e. The van der Waals surface area contributed by atoms with Crippen LogP contribution in [0.4, 0.5) is 22.7 Å². The Kier molecular flexibility index (Phi) is 4.78. The average molecular weight is 603 g/mol. The van der Waals surface area contributed by atoms with Crippen LogP contribution in [-0.2, 0) is 0 Å². The molecule has 0 radical (unpaired) electrons. The molecular formula is C35H36N10.